The number of amides is 1. The molecule has 0 saturated heterocycles. The van der Waals surface area contributed by atoms with E-state index in [0.717, 1.165) is 29.2 Å². The van der Waals surface area contributed by atoms with Gasteiger partial charge in [-0.1, -0.05) is 61.4 Å². The monoisotopic (exact) mass is 437 g/mol. The van der Waals surface area contributed by atoms with Gasteiger partial charge in [0.05, 0.1) is 6.04 Å². The molecule has 0 radical (unpaired) electrons. The van der Waals surface area contributed by atoms with Crippen LogP contribution in [0.5, 0.6) is 5.75 Å². The number of halogens is 2. The van der Waals surface area contributed by atoms with E-state index in [0.29, 0.717) is 17.2 Å². The Hall–Kier alpha value is -3.21. The standard InChI is InChI=1S/C27H29F2NO2/c1-17(2)11-25(22-13-18(3)12-19(4)14-22)30-27(31)20-7-5-9-23(15-20)32-16-21-8-6-10-24(28)26(21)29/h5-10,12-15,17,25H,11,16H2,1-4H3,(H,30,31). The smallest absolute Gasteiger partial charge is 0.251 e. The molecular weight excluding hydrogens is 408 g/mol. The van der Waals surface area contributed by atoms with E-state index < -0.39 is 11.6 Å². The highest BCUT2D eigenvalue weighted by Gasteiger charge is 2.18. The highest BCUT2D eigenvalue weighted by molar-refractivity contribution is 5.94. The van der Waals surface area contributed by atoms with Gasteiger partial charge in [-0.3, -0.25) is 4.79 Å². The Morgan fingerprint density at radius 2 is 1.66 bits per heavy atom. The van der Waals surface area contributed by atoms with Gasteiger partial charge in [0, 0.05) is 11.1 Å². The fraction of sp³-hybridized carbons (Fsp3) is 0.296. The topological polar surface area (TPSA) is 38.3 Å². The Bertz CT molecular complexity index is 1070. The largest absolute Gasteiger partial charge is 0.489 e. The number of nitrogens with one attached hydrogen (secondary N) is 1. The summed E-state index contributed by atoms with van der Waals surface area (Å²) in [5.74, 6) is -1.24. The third kappa shape index (κ3) is 6.16. The van der Waals surface area contributed by atoms with Crippen LogP contribution in [-0.4, -0.2) is 5.91 Å². The van der Waals surface area contributed by atoms with E-state index in [2.05, 4.69) is 37.4 Å². The maximum atomic E-state index is 13.9. The summed E-state index contributed by atoms with van der Waals surface area (Å²) in [5.41, 5.74) is 3.96. The van der Waals surface area contributed by atoms with Crippen LogP contribution in [0.2, 0.25) is 0 Å². The van der Waals surface area contributed by atoms with Crippen LogP contribution in [0, 0.1) is 31.4 Å². The van der Waals surface area contributed by atoms with E-state index in [4.69, 9.17) is 4.74 Å². The molecular formula is C27H29F2NO2. The maximum absolute atomic E-state index is 13.9. The molecule has 0 aliphatic rings. The van der Waals surface area contributed by atoms with Crippen LogP contribution in [0.4, 0.5) is 8.78 Å². The molecule has 3 aromatic carbocycles. The highest BCUT2D eigenvalue weighted by Crippen LogP contribution is 2.25. The van der Waals surface area contributed by atoms with Crippen molar-refractivity contribution in [3.05, 3.63) is 100 Å². The Morgan fingerprint density at radius 3 is 2.34 bits per heavy atom. The first-order valence-corrected chi connectivity index (χ1v) is 10.8. The van der Waals surface area contributed by atoms with Crippen LogP contribution in [-0.2, 0) is 6.61 Å². The lowest BCUT2D eigenvalue weighted by atomic mass is 9.94. The summed E-state index contributed by atoms with van der Waals surface area (Å²) in [7, 11) is 0. The van der Waals surface area contributed by atoms with Gasteiger partial charge >= 0.3 is 0 Å². The maximum Gasteiger partial charge on any atom is 0.251 e. The molecule has 0 heterocycles. The van der Waals surface area contributed by atoms with Crippen LogP contribution in [0.15, 0.2) is 60.7 Å². The summed E-state index contributed by atoms with van der Waals surface area (Å²) in [6.07, 6.45) is 0.809. The molecule has 1 unspecified atom stereocenters. The molecule has 3 aromatic rings. The lowest BCUT2D eigenvalue weighted by molar-refractivity contribution is 0.0931. The van der Waals surface area contributed by atoms with Gasteiger partial charge in [0.15, 0.2) is 11.6 Å². The molecule has 0 spiro atoms. The minimum Gasteiger partial charge on any atom is -0.489 e. The zero-order valence-electron chi connectivity index (χ0n) is 18.9. The second-order valence-electron chi connectivity index (χ2n) is 8.61. The summed E-state index contributed by atoms with van der Waals surface area (Å²) in [4.78, 5) is 13.0. The second kappa shape index (κ2) is 10.4. The zero-order valence-corrected chi connectivity index (χ0v) is 18.9. The summed E-state index contributed by atoms with van der Waals surface area (Å²) in [6, 6.07) is 16.9. The molecule has 0 fully saturated rings. The number of benzene rings is 3. The van der Waals surface area contributed by atoms with Gasteiger partial charge in [-0.25, -0.2) is 8.78 Å². The fourth-order valence-electron chi connectivity index (χ4n) is 3.75. The molecule has 0 aliphatic carbocycles. The Balaban J connectivity index is 1.75. The minimum atomic E-state index is -0.925. The van der Waals surface area contributed by atoms with Crippen molar-refractivity contribution in [3.8, 4) is 5.75 Å². The zero-order chi connectivity index (χ0) is 23.3. The predicted molar refractivity (Wildman–Crippen MR) is 123 cm³/mol. The van der Waals surface area contributed by atoms with E-state index in [1.807, 2.05) is 13.8 Å². The van der Waals surface area contributed by atoms with Crippen molar-refractivity contribution in [3.63, 3.8) is 0 Å². The number of carbonyl (C=O) groups is 1. The summed E-state index contributed by atoms with van der Waals surface area (Å²) in [6.45, 7) is 8.22. The third-order valence-corrected chi connectivity index (χ3v) is 5.18. The molecule has 0 aliphatic heterocycles. The van der Waals surface area contributed by atoms with Crippen molar-refractivity contribution in [2.45, 2.75) is 46.8 Å². The average molecular weight is 438 g/mol. The normalized spacial score (nSPS) is 12.0. The van der Waals surface area contributed by atoms with Gasteiger partial charge in [-0.15, -0.1) is 0 Å². The number of carbonyl (C=O) groups excluding carboxylic acids is 1. The van der Waals surface area contributed by atoms with Crippen LogP contribution in [0.3, 0.4) is 0 Å². The van der Waals surface area contributed by atoms with Gasteiger partial charge < -0.3 is 10.1 Å². The summed E-state index contributed by atoms with van der Waals surface area (Å²) >= 11 is 0. The highest BCUT2D eigenvalue weighted by atomic mass is 19.2. The second-order valence-corrected chi connectivity index (χ2v) is 8.61. The average Bonchev–Trinajstić information content (AvgIpc) is 2.73. The first-order chi connectivity index (χ1) is 15.2. The lowest BCUT2D eigenvalue weighted by Crippen LogP contribution is -2.29. The van der Waals surface area contributed by atoms with Crippen molar-refractivity contribution in [2.24, 2.45) is 5.92 Å². The number of hydrogen-bond donors (Lipinski definition) is 1. The van der Waals surface area contributed by atoms with E-state index in [1.165, 1.54) is 12.1 Å². The molecule has 1 N–H and O–H groups in total. The van der Waals surface area contributed by atoms with Crippen molar-refractivity contribution in [1.82, 2.24) is 5.32 Å². The Labute approximate surface area is 188 Å². The first-order valence-electron chi connectivity index (χ1n) is 10.8. The molecule has 32 heavy (non-hydrogen) atoms. The fourth-order valence-corrected chi connectivity index (χ4v) is 3.75. The van der Waals surface area contributed by atoms with Crippen molar-refractivity contribution >= 4 is 5.91 Å². The van der Waals surface area contributed by atoms with E-state index in [-0.39, 0.29) is 24.1 Å². The lowest BCUT2D eigenvalue weighted by Gasteiger charge is -2.22. The van der Waals surface area contributed by atoms with E-state index in [9.17, 15) is 13.6 Å². The van der Waals surface area contributed by atoms with Crippen LogP contribution >= 0.6 is 0 Å². The molecule has 3 rings (SSSR count). The molecule has 0 saturated carbocycles. The summed E-state index contributed by atoms with van der Waals surface area (Å²) in [5, 5.41) is 3.15. The molecule has 0 aromatic heterocycles. The molecule has 168 valence electrons. The van der Waals surface area contributed by atoms with E-state index >= 15 is 0 Å². The van der Waals surface area contributed by atoms with Gasteiger partial charge in [0.2, 0.25) is 0 Å². The van der Waals surface area contributed by atoms with Gasteiger partial charge in [-0.2, -0.15) is 0 Å². The minimum absolute atomic E-state index is 0.117. The molecule has 1 atom stereocenters. The van der Waals surface area contributed by atoms with Crippen molar-refractivity contribution in [2.75, 3.05) is 0 Å². The molecule has 5 heteroatoms. The van der Waals surface area contributed by atoms with Crippen molar-refractivity contribution < 1.29 is 18.3 Å². The van der Waals surface area contributed by atoms with Crippen LogP contribution < -0.4 is 10.1 Å². The SMILES string of the molecule is Cc1cc(C)cc(C(CC(C)C)NC(=O)c2cccc(OCc3cccc(F)c3F)c2)c1. The number of hydrogen-bond acceptors (Lipinski definition) is 2. The number of aryl methyl sites for hydroxylation is 2. The summed E-state index contributed by atoms with van der Waals surface area (Å²) < 4.78 is 32.9. The first kappa shape index (κ1) is 23.5. The molecule has 3 nitrogen and oxygen atoms in total. The predicted octanol–water partition coefficient (Wildman–Crippen LogP) is 6.68. The van der Waals surface area contributed by atoms with Crippen LogP contribution in [0.25, 0.3) is 0 Å². The van der Waals surface area contributed by atoms with Crippen molar-refractivity contribution in [1.29, 1.82) is 0 Å². The molecule has 0 bridgehead atoms. The van der Waals surface area contributed by atoms with Gasteiger partial charge in [-0.05, 0) is 56.0 Å². The van der Waals surface area contributed by atoms with Crippen LogP contribution in [0.1, 0.15) is 58.9 Å². The third-order valence-electron chi connectivity index (χ3n) is 5.18. The van der Waals surface area contributed by atoms with Gasteiger partial charge in [0.1, 0.15) is 12.4 Å². The molecule has 1 amide bonds. The quantitative estimate of drug-likeness (QED) is 0.427. The Kier molecular flexibility index (Phi) is 7.62. The number of ether oxygens (including phenoxy) is 1. The Morgan fingerprint density at radius 1 is 0.969 bits per heavy atom. The van der Waals surface area contributed by atoms with Gasteiger partial charge in [0.25, 0.3) is 5.91 Å². The number of rotatable bonds is 8. The van der Waals surface area contributed by atoms with E-state index in [1.54, 1.807) is 24.3 Å².